The van der Waals surface area contributed by atoms with E-state index >= 15 is 0 Å². The second kappa shape index (κ2) is 7.17. The number of thiophene rings is 1. The minimum absolute atomic E-state index is 0.246. The lowest BCUT2D eigenvalue weighted by Gasteiger charge is -2.11. The van der Waals surface area contributed by atoms with Crippen LogP contribution in [-0.4, -0.2) is 16.6 Å². The van der Waals surface area contributed by atoms with Crippen LogP contribution in [0.3, 0.4) is 0 Å². The molecule has 0 atom stereocenters. The molecule has 3 aromatic rings. The molecule has 0 unspecified atom stereocenters. The number of anilines is 2. The predicted molar refractivity (Wildman–Crippen MR) is 103 cm³/mol. The summed E-state index contributed by atoms with van der Waals surface area (Å²) in [6.45, 7) is 1.73. The lowest BCUT2D eigenvalue weighted by molar-refractivity contribution is 0.102. The van der Waals surface area contributed by atoms with Crippen molar-refractivity contribution in [2.24, 2.45) is 0 Å². The summed E-state index contributed by atoms with van der Waals surface area (Å²) in [5.74, 6) is -0.384. The molecule has 4 N–H and O–H groups in total. The van der Waals surface area contributed by atoms with Crippen molar-refractivity contribution in [1.82, 2.24) is 4.98 Å². The van der Waals surface area contributed by atoms with Gasteiger partial charge in [0.05, 0.1) is 11.3 Å². The van der Waals surface area contributed by atoms with Crippen LogP contribution in [0.5, 0.6) is 0 Å². The Morgan fingerprint density at radius 3 is 2.81 bits per heavy atom. The summed E-state index contributed by atoms with van der Waals surface area (Å²) in [7, 11) is 0. The average Bonchev–Trinajstić information content (AvgIpc) is 3.17. The number of nitrogen functional groups attached to an aromatic ring is 1. The van der Waals surface area contributed by atoms with Crippen LogP contribution in [0.15, 0.2) is 47.3 Å². The lowest BCUT2D eigenvalue weighted by atomic mass is 10.0. The highest BCUT2D eigenvalue weighted by molar-refractivity contribution is 7.08. The standard InChI is InChI=1S/C19H15N5OS/c1-11-6-12(8-20)9-23-18(11)19(25)24-14-2-3-16(21)15(7-14)17(22)13-4-5-26-10-13/h2-7,9-10,22H,21H2,1H3,(H,24,25). The average molecular weight is 361 g/mol. The van der Waals surface area contributed by atoms with E-state index in [-0.39, 0.29) is 11.6 Å². The first-order valence-corrected chi connectivity index (χ1v) is 8.63. The molecule has 128 valence electrons. The van der Waals surface area contributed by atoms with E-state index in [2.05, 4.69) is 10.3 Å². The van der Waals surface area contributed by atoms with Gasteiger partial charge in [0.2, 0.25) is 0 Å². The van der Waals surface area contributed by atoms with Gasteiger partial charge in [0, 0.05) is 34.1 Å². The van der Waals surface area contributed by atoms with Crippen LogP contribution in [0.4, 0.5) is 11.4 Å². The van der Waals surface area contributed by atoms with Crippen LogP contribution in [0.1, 0.15) is 32.7 Å². The number of hydrogen-bond donors (Lipinski definition) is 3. The van der Waals surface area contributed by atoms with E-state index in [1.807, 2.05) is 22.9 Å². The van der Waals surface area contributed by atoms with Gasteiger partial charge in [-0.3, -0.25) is 10.2 Å². The zero-order valence-electron chi connectivity index (χ0n) is 13.9. The molecule has 26 heavy (non-hydrogen) atoms. The highest BCUT2D eigenvalue weighted by Crippen LogP contribution is 2.23. The third-order valence-electron chi connectivity index (χ3n) is 3.81. The molecule has 3 rings (SSSR count). The number of pyridine rings is 1. The van der Waals surface area contributed by atoms with Crippen molar-refractivity contribution in [3.8, 4) is 6.07 Å². The maximum atomic E-state index is 12.5. The fourth-order valence-electron chi connectivity index (χ4n) is 2.48. The monoisotopic (exact) mass is 361 g/mol. The second-order valence-electron chi connectivity index (χ2n) is 5.64. The summed E-state index contributed by atoms with van der Waals surface area (Å²) < 4.78 is 0. The van der Waals surface area contributed by atoms with Crippen molar-refractivity contribution in [3.05, 3.63) is 75.2 Å². The Hall–Kier alpha value is -3.50. The van der Waals surface area contributed by atoms with Crippen LogP contribution in [0.2, 0.25) is 0 Å². The number of benzene rings is 1. The fraction of sp³-hybridized carbons (Fsp3) is 0.0526. The normalized spacial score (nSPS) is 10.2. The van der Waals surface area contributed by atoms with Crippen molar-refractivity contribution >= 4 is 34.3 Å². The van der Waals surface area contributed by atoms with E-state index in [0.29, 0.717) is 33.8 Å². The maximum absolute atomic E-state index is 12.5. The SMILES string of the molecule is Cc1cc(C#N)cnc1C(=O)Nc1ccc(N)c(C(=N)c2ccsc2)c1. The zero-order chi connectivity index (χ0) is 18.7. The Labute approximate surface area is 154 Å². The maximum Gasteiger partial charge on any atom is 0.274 e. The first-order chi connectivity index (χ1) is 12.5. The molecule has 7 heteroatoms. The zero-order valence-corrected chi connectivity index (χ0v) is 14.7. The van der Waals surface area contributed by atoms with Gasteiger partial charge >= 0.3 is 0 Å². The first kappa shape index (κ1) is 17.3. The molecule has 2 aromatic heterocycles. The van der Waals surface area contributed by atoms with Crippen LogP contribution in [0, 0.1) is 23.7 Å². The molecule has 0 saturated heterocycles. The molecule has 0 saturated carbocycles. The summed E-state index contributed by atoms with van der Waals surface area (Å²) in [5.41, 5.74) is 9.86. The lowest BCUT2D eigenvalue weighted by Crippen LogP contribution is -2.16. The number of nitrogens with zero attached hydrogens (tertiary/aromatic N) is 2. The quantitative estimate of drug-likeness (QED) is 0.486. The predicted octanol–water partition coefficient (Wildman–Crippen LogP) is 3.57. The molecular weight excluding hydrogens is 346 g/mol. The van der Waals surface area contributed by atoms with Gasteiger partial charge in [-0.05, 0) is 48.2 Å². The van der Waals surface area contributed by atoms with Crippen LogP contribution < -0.4 is 11.1 Å². The molecule has 2 heterocycles. The summed E-state index contributed by atoms with van der Waals surface area (Å²) >= 11 is 1.50. The number of carbonyl (C=O) groups is 1. The third-order valence-corrected chi connectivity index (χ3v) is 4.50. The van der Waals surface area contributed by atoms with Crippen molar-refractivity contribution in [2.45, 2.75) is 6.92 Å². The summed E-state index contributed by atoms with van der Waals surface area (Å²) in [5, 5.41) is 23.7. The molecular formula is C19H15N5OS. The highest BCUT2D eigenvalue weighted by Gasteiger charge is 2.14. The molecule has 0 radical (unpaired) electrons. The van der Waals surface area contributed by atoms with Gasteiger partial charge in [-0.2, -0.15) is 16.6 Å². The Kier molecular flexibility index (Phi) is 4.78. The molecule has 0 aliphatic heterocycles. The number of nitriles is 1. The molecule has 0 aliphatic carbocycles. The van der Waals surface area contributed by atoms with E-state index in [0.717, 1.165) is 5.56 Å². The summed E-state index contributed by atoms with van der Waals surface area (Å²) in [4.78, 5) is 16.6. The smallest absolute Gasteiger partial charge is 0.274 e. The van der Waals surface area contributed by atoms with E-state index in [1.165, 1.54) is 17.5 Å². The Balaban J connectivity index is 1.87. The van der Waals surface area contributed by atoms with Crippen LogP contribution >= 0.6 is 11.3 Å². The van der Waals surface area contributed by atoms with Crippen molar-refractivity contribution in [2.75, 3.05) is 11.1 Å². The molecule has 6 nitrogen and oxygen atoms in total. The highest BCUT2D eigenvalue weighted by atomic mass is 32.1. The summed E-state index contributed by atoms with van der Waals surface area (Å²) in [6.07, 6.45) is 1.36. The van der Waals surface area contributed by atoms with E-state index in [1.54, 1.807) is 31.2 Å². The van der Waals surface area contributed by atoms with Gasteiger partial charge in [0.25, 0.3) is 5.91 Å². The number of carbonyl (C=O) groups excluding carboxylic acids is 1. The number of amides is 1. The number of aryl methyl sites for hydroxylation is 1. The van der Waals surface area contributed by atoms with Gasteiger partial charge in [0.15, 0.2) is 0 Å². The Morgan fingerprint density at radius 1 is 1.35 bits per heavy atom. The Bertz CT molecular complexity index is 1030. The van der Waals surface area contributed by atoms with Crippen molar-refractivity contribution in [3.63, 3.8) is 0 Å². The minimum atomic E-state index is -0.384. The molecule has 0 fully saturated rings. The van der Waals surface area contributed by atoms with Gasteiger partial charge in [-0.25, -0.2) is 4.98 Å². The number of hydrogen-bond acceptors (Lipinski definition) is 6. The molecule has 0 spiro atoms. The third kappa shape index (κ3) is 3.45. The van der Waals surface area contributed by atoms with Gasteiger partial charge in [0.1, 0.15) is 11.8 Å². The van der Waals surface area contributed by atoms with E-state index in [4.69, 9.17) is 16.4 Å². The molecule has 0 bridgehead atoms. The minimum Gasteiger partial charge on any atom is -0.398 e. The van der Waals surface area contributed by atoms with Gasteiger partial charge < -0.3 is 11.1 Å². The van der Waals surface area contributed by atoms with Crippen molar-refractivity contribution < 1.29 is 4.79 Å². The largest absolute Gasteiger partial charge is 0.398 e. The van der Waals surface area contributed by atoms with E-state index < -0.39 is 0 Å². The molecule has 0 aliphatic rings. The first-order valence-electron chi connectivity index (χ1n) is 7.68. The second-order valence-corrected chi connectivity index (χ2v) is 6.42. The number of nitrogens with two attached hydrogens (primary N) is 1. The molecule has 1 aromatic carbocycles. The van der Waals surface area contributed by atoms with Gasteiger partial charge in [-0.15, -0.1) is 0 Å². The number of rotatable bonds is 4. The fourth-order valence-corrected chi connectivity index (χ4v) is 3.12. The topological polar surface area (TPSA) is 116 Å². The van der Waals surface area contributed by atoms with E-state index in [9.17, 15) is 4.79 Å². The van der Waals surface area contributed by atoms with Crippen molar-refractivity contribution in [1.29, 1.82) is 10.7 Å². The number of aromatic nitrogens is 1. The van der Waals surface area contributed by atoms with Crippen LogP contribution in [0.25, 0.3) is 0 Å². The van der Waals surface area contributed by atoms with Crippen LogP contribution in [-0.2, 0) is 0 Å². The Morgan fingerprint density at radius 2 is 2.15 bits per heavy atom. The summed E-state index contributed by atoms with van der Waals surface area (Å²) in [6, 6.07) is 10.5. The van der Waals surface area contributed by atoms with Gasteiger partial charge in [-0.1, -0.05) is 0 Å². The molecule has 1 amide bonds. The number of nitrogens with one attached hydrogen (secondary N) is 2.